The van der Waals surface area contributed by atoms with Crippen molar-refractivity contribution in [3.8, 4) is 5.75 Å². The lowest BCUT2D eigenvalue weighted by atomic mass is 9.93. The van der Waals surface area contributed by atoms with Gasteiger partial charge in [-0.2, -0.15) is 0 Å². The van der Waals surface area contributed by atoms with Gasteiger partial charge in [0.15, 0.2) is 0 Å². The number of para-hydroxylation sites is 2. The molecule has 1 amide bonds. The molecule has 130 valence electrons. The first-order valence-electron chi connectivity index (χ1n) is 8.97. The normalized spacial score (nSPS) is 15.8. The monoisotopic (exact) mass is 343 g/mol. The zero-order valence-corrected chi connectivity index (χ0v) is 14.8. The minimum atomic E-state index is -0.178. The molecular formula is C23H21NO2. The van der Waals surface area contributed by atoms with Gasteiger partial charge in [-0.15, -0.1) is 0 Å². The standard InChI is InChI=1S/C23H21NO2/c1-2-26-19-12-8-9-17(15-19)16-21-20-13-6-7-14-22(20)24(23(21)25)18-10-4-3-5-11-18/h3-15,21H,2,16H2,1H3. The molecule has 26 heavy (non-hydrogen) atoms. The zero-order chi connectivity index (χ0) is 17.9. The van der Waals surface area contributed by atoms with Crippen LogP contribution in [0.4, 0.5) is 11.4 Å². The number of fused-ring (bicyclic) bond motifs is 1. The van der Waals surface area contributed by atoms with Crippen LogP contribution in [0.5, 0.6) is 5.75 Å². The van der Waals surface area contributed by atoms with Gasteiger partial charge in [0, 0.05) is 5.69 Å². The molecule has 0 aromatic heterocycles. The molecular weight excluding hydrogens is 322 g/mol. The Morgan fingerprint density at radius 1 is 0.923 bits per heavy atom. The highest BCUT2D eigenvalue weighted by Gasteiger charge is 2.37. The molecule has 1 heterocycles. The van der Waals surface area contributed by atoms with Gasteiger partial charge in [0.2, 0.25) is 5.91 Å². The fraction of sp³-hybridized carbons (Fsp3) is 0.174. The van der Waals surface area contributed by atoms with E-state index in [0.29, 0.717) is 13.0 Å². The largest absolute Gasteiger partial charge is 0.494 e. The molecule has 3 nitrogen and oxygen atoms in total. The summed E-state index contributed by atoms with van der Waals surface area (Å²) in [6.07, 6.45) is 0.667. The third kappa shape index (κ3) is 2.97. The van der Waals surface area contributed by atoms with E-state index in [4.69, 9.17) is 4.74 Å². The number of amides is 1. The summed E-state index contributed by atoms with van der Waals surface area (Å²) in [6.45, 7) is 2.61. The summed E-state index contributed by atoms with van der Waals surface area (Å²) >= 11 is 0. The summed E-state index contributed by atoms with van der Waals surface area (Å²) in [7, 11) is 0. The molecule has 4 rings (SSSR count). The molecule has 0 fully saturated rings. The summed E-state index contributed by atoms with van der Waals surface area (Å²) in [6, 6.07) is 26.0. The highest BCUT2D eigenvalue weighted by Crippen LogP contribution is 2.43. The van der Waals surface area contributed by atoms with Crippen LogP contribution in [0.25, 0.3) is 0 Å². The van der Waals surface area contributed by atoms with E-state index in [2.05, 4.69) is 12.1 Å². The third-order valence-electron chi connectivity index (χ3n) is 4.74. The van der Waals surface area contributed by atoms with E-state index in [1.54, 1.807) is 0 Å². The fourth-order valence-electron chi connectivity index (χ4n) is 3.60. The first kappa shape index (κ1) is 16.4. The quantitative estimate of drug-likeness (QED) is 0.646. The van der Waals surface area contributed by atoms with Crippen molar-refractivity contribution in [2.45, 2.75) is 19.3 Å². The minimum absolute atomic E-state index is 0.124. The number of nitrogens with zero attached hydrogens (tertiary/aromatic N) is 1. The SMILES string of the molecule is CCOc1cccc(CC2C(=O)N(c3ccccc3)c3ccccc32)c1. The summed E-state index contributed by atoms with van der Waals surface area (Å²) < 4.78 is 5.60. The van der Waals surface area contributed by atoms with E-state index in [9.17, 15) is 4.79 Å². The summed E-state index contributed by atoms with van der Waals surface area (Å²) in [5.74, 6) is 0.797. The number of anilines is 2. The van der Waals surface area contributed by atoms with E-state index in [1.807, 2.05) is 78.6 Å². The van der Waals surface area contributed by atoms with Crippen LogP contribution in [0.1, 0.15) is 24.0 Å². The zero-order valence-electron chi connectivity index (χ0n) is 14.8. The molecule has 0 aliphatic carbocycles. The minimum Gasteiger partial charge on any atom is -0.494 e. The molecule has 3 aromatic carbocycles. The molecule has 0 radical (unpaired) electrons. The van der Waals surface area contributed by atoms with Crippen LogP contribution in [0.3, 0.4) is 0 Å². The van der Waals surface area contributed by atoms with Crippen molar-refractivity contribution in [3.05, 3.63) is 90.0 Å². The Bertz CT molecular complexity index is 920. The Morgan fingerprint density at radius 3 is 2.50 bits per heavy atom. The van der Waals surface area contributed by atoms with Crippen LogP contribution in [-0.2, 0) is 11.2 Å². The van der Waals surface area contributed by atoms with E-state index >= 15 is 0 Å². The Morgan fingerprint density at radius 2 is 1.69 bits per heavy atom. The molecule has 0 bridgehead atoms. The average molecular weight is 343 g/mol. The van der Waals surface area contributed by atoms with Crippen molar-refractivity contribution < 1.29 is 9.53 Å². The number of benzene rings is 3. The third-order valence-corrected chi connectivity index (χ3v) is 4.74. The number of carbonyl (C=O) groups excluding carboxylic acids is 1. The van der Waals surface area contributed by atoms with Gasteiger partial charge in [-0.3, -0.25) is 9.69 Å². The Kier molecular flexibility index (Phi) is 4.44. The number of rotatable bonds is 5. The summed E-state index contributed by atoms with van der Waals surface area (Å²) in [5, 5.41) is 0. The molecule has 0 spiro atoms. The van der Waals surface area contributed by atoms with Crippen LogP contribution >= 0.6 is 0 Å². The van der Waals surface area contributed by atoms with Crippen molar-refractivity contribution >= 4 is 17.3 Å². The maximum atomic E-state index is 13.3. The average Bonchev–Trinajstić information content (AvgIpc) is 2.95. The molecule has 0 saturated carbocycles. The van der Waals surface area contributed by atoms with Gasteiger partial charge >= 0.3 is 0 Å². The summed E-state index contributed by atoms with van der Waals surface area (Å²) in [4.78, 5) is 15.1. The molecule has 1 aliphatic rings. The Labute approximate surface area is 153 Å². The molecule has 0 saturated heterocycles. The van der Waals surface area contributed by atoms with Crippen LogP contribution in [0.15, 0.2) is 78.9 Å². The van der Waals surface area contributed by atoms with Crippen LogP contribution in [-0.4, -0.2) is 12.5 Å². The fourth-order valence-corrected chi connectivity index (χ4v) is 3.60. The first-order valence-corrected chi connectivity index (χ1v) is 8.97. The molecule has 3 heteroatoms. The van der Waals surface area contributed by atoms with Gasteiger partial charge < -0.3 is 4.74 Å². The smallest absolute Gasteiger partial charge is 0.239 e. The second-order valence-electron chi connectivity index (χ2n) is 6.41. The maximum absolute atomic E-state index is 13.3. The topological polar surface area (TPSA) is 29.5 Å². The Hall–Kier alpha value is -3.07. The van der Waals surface area contributed by atoms with Gasteiger partial charge in [-0.1, -0.05) is 48.5 Å². The molecule has 3 aromatic rings. The van der Waals surface area contributed by atoms with Crippen molar-refractivity contribution in [1.29, 1.82) is 0 Å². The second-order valence-corrected chi connectivity index (χ2v) is 6.41. The number of ether oxygens (including phenoxy) is 1. The van der Waals surface area contributed by atoms with Gasteiger partial charge in [-0.25, -0.2) is 0 Å². The predicted octanol–water partition coefficient (Wildman–Crippen LogP) is 5.09. The Balaban J connectivity index is 1.69. The first-order chi connectivity index (χ1) is 12.8. The molecule has 1 atom stereocenters. The molecule has 0 N–H and O–H groups in total. The number of hydrogen-bond acceptors (Lipinski definition) is 2. The van der Waals surface area contributed by atoms with Crippen molar-refractivity contribution in [1.82, 2.24) is 0 Å². The van der Waals surface area contributed by atoms with Crippen LogP contribution < -0.4 is 9.64 Å². The number of hydrogen-bond donors (Lipinski definition) is 0. The van der Waals surface area contributed by atoms with E-state index < -0.39 is 0 Å². The molecule has 1 unspecified atom stereocenters. The van der Waals surface area contributed by atoms with Crippen molar-refractivity contribution in [2.24, 2.45) is 0 Å². The van der Waals surface area contributed by atoms with Gasteiger partial charge in [0.1, 0.15) is 5.75 Å². The lowest BCUT2D eigenvalue weighted by Crippen LogP contribution is -2.24. The lowest BCUT2D eigenvalue weighted by molar-refractivity contribution is -0.118. The van der Waals surface area contributed by atoms with Gasteiger partial charge in [0.25, 0.3) is 0 Å². The van der Waals surface area contributed by atoms with Gasteiger partial charge in [0.05, 0.1) is 18.2 Å². The highest BCUT2D eigenvalue weighted by atomic mass is 16.5. The highest BCUT2D eigenvalue weighted by molar-refractivity contribution is 6.10. The van der Waals surface area contributed by atoms with E-state index in [-0.39, 0.29) is 11.8 Å². The van der Waals surface area contributed by atoms with Gasteiger partial charge in [-0.05, 0) is 54.8 Å². The van der Waals surface area contributed by atoms with Crippen molar-refractivity contribution in [3.63, 3.8) is 0 Å². The van der Waals surface area contributed by atoms with E-state index in [0.717, 1.165) is 28.3 Å². The molecule has 1 aliphatic heterocycles. The maximum Gasteiger partial charge on any atom is 0.239 e. The second kappa shape index (κ2) is 7.04. The van der Waals surface area contributed by atoms with Crippen molar-refractivity contribution in [2.75, 3.05) is 11.5 Å². The van der Waals surface area contributed by atoms with Crippen LogP contribution in [0.2, 0.25) is 0 Å². The number of carbonyl (C=O) groups is 1. The predicted molar refractivity (Wildman–Crippen MR) is 104 cm³/mol. The van der Waals surface area contributed by atoms with E-state index in [1.165, 1.54) is 0 Å². The van der Waals surface area contributed by atoms with Crippen LogP contribution in [0, 0.1) is 0 Å². The lowest BCUT2D eigenvalue weighted by Gasteiger charge is -2.18. The summed E-state index contributed by atoms with van der Waals surface area (Å²) in [5.41, 5.74) is 4.09.